The van der Waals surface area contributed by atoms with Crippen LogP contribution < -0.4 is 20.3 Å². The van der Waals surface area contributed by atoms with E-state index < -0.39 is 5.91 Å². The molecule has 2 N–H and O–H groups in total. The molecular formula is C24H27N3O4S. The topological polar surface area (TPSA) is 89.6 Å². The van der Waals surface area contributed by atoms with Crippen molar-refractivity contribution >= 4 is 23.2 Å². The van der Waals surface area contributed by atoms with Crippen LogP contribution in [-0.2, 0) is 11.2 Å². The monoisotopic (exact) mass is 453 g/mol. The van der Waals surface area contributed by atoms with E-state index >= 15 is 0 Å². The number of nitrogens with zero attached hydrogens (tertiary/aromatic N) is 1. The minimum absolute atomic E-state index is 0.0656. The van der Waals surface area contributed by atoms with Gasteiger partial charge in [0.2, 0.25) is 5.91 Å². The first-order valence-electron chi connectivity index (χ1n) is 10.4. The molecule has 7 nitrogen and oxygen atoms in total. The average Bonchev–Trinajstić information content (AvgIpc) is 3.26. The summed E-state index contributed by atoms with van der Waals surface area (Å²) in [5.41, 5.74) is 8.03. The number of carbonyl (C=O) groups excluding carboxylic acids is 2. The minimum atomic E-state index is -0.449. The van der Waals surface area contributed by atoms with E-state index in [1.54, 1.807) is 18.2 Å². The van der Waals surface area contributed by atoms with Crippen molar-refractivity contribution in [1.29, 1.82) is 0 Å². The zero-order valence-electron chi connectivity index (χ0n) is 18.4. The highest BCUT2D eigenvalue weighted by atomic mass is 32.1. The first-order valence-corrected chi connectivity index (χ1v) is 11.3. The number of benzene rings is 2. The second kappa shape index (κ2) is 11.3. The Balaban J connectivity index is 1.54. The largest absolute Gasteiger partial charge is 0.493 e. The molecule has 0 aliphatic rings. The van der Waals surface area contributed by atoms with Crippen molar-refractivity contribution in [2.75, 3.05) is 13.7 Å². The number of carbonyl (C=O) groups is 2. The molecule has 1 aromatic heterocycles. The van der Waals surface area contributed by atoms with Crippen LogP contribution in [0.4, 0.5) is 0 Å². The predicted octanol–water partition coefficient (Wildman–Crippen LogP) is 4.31. The van der Waals surface area contributed by atoms with Crippen LogP contribution in [0.25, 0.3) is 10.6 Å². The van der Waals surface area contributed by atoms with Crippen molar-refractivity contribution in [3.63, 3.8) is 0 Å². The number of hydrogen-bond acceptors (Lipinski definition) is 6. The molecule has 3 rings (SSSR count). The van der Waals surface area contributed by atoms with E-state index in [1.165, 1.54) is 18.4 Å². The van der Waals surface area contributed by atoms with Crippen molar-refractivity contribution < 1.29 is 19.1 Å². The van der Waals surface area contributed by atoms with Gasteiger partial charge in [0, 0.05) is 16.5 Å². The van der Waals surface area contributed by atoms with Crippen LogP contribution in [0.2, 0.25) is 0 Å². The zero-order valence-corrected chi connectivity index (χ0v) is 19.3. The minimum Gasteiger partial charge on any atom is -0.493 e. The van der Waals surface area contributed by atoms with Crippen LogP contribution >= 0.6 is 11.3 Å². The van der Waals surface area contributed by atoms with Gasteiger partial charge in [-0.15, -0.1) is 11.3 Å². The number of amides is 2. The second-order valence-corrected chi connectivity index (χ2v) is 8.12. The number of aromatic nitrogens is 1. The second-order valence-electron chi connectivity index (χ2n) is 7.26. The van der Waals surface area contributed by atoms with Crippen LogP contribution in [0.15, 0.2) is 47.8 Å². The Morgan fingerprint density at radius 1 is 1.09 bits per heavy atom. The van der Waals surface area contributed by atoms with Crippen molar-refractivity contribution in [2.24, 2.45) is 0 Å². The molecule has 0 radical (unpaired) electrons. The highest BCUT2D eigenvalue weighted by Crippen LogP contribution is 2.28. The van der Waals surface area contributed by atoms with Gasteiger partial charge in [-0.3, -0.25) is 20.4 Å². The maximum absolute atomic E-state index is 12.4. The Kier molecular flexibility index (Phi) is 8.21. The molecule has 0 aliphatic carbocycles. The fourth-order valence-electron chi connectivity index (χ4n) is 2.96. The van der Waals surface area contributed by atoms with Gasteiger partial charge >= 0.3 is 0 Å². The predicted molar refractivity (Wildman–Crippen MR) is 125 cm³/mol. The van der Waals surface area contributed by atoms with Crippen LogP contribution in [-0.4, -0.2) is 30.5 Å². The number of methoxy groups -OCH3 is 1. The van der Waals surface area contributed by atoms with E-state index in [2.05, 4.69) is 28.8 Å². The molecule has 0 spiro atoms. The molecule has 2 amide bonds. The summed E-state index contributed by atoms with van der Waals surface area (Å²) in [6.45, 7) is 4.69. The maximum Gasteiger partial charge on any atom is 0.269 e. The van der Waals surface area contributed by atoms with Crippen molar-refractivity contribution in [3.8, 4) is 22.1 Å². The normalized spacial score (nSPS) is 10.5. The molecule has 0 bridgehead atoms. The van der Waals surface area contributed by atoms with Gasteiger partial charge in [-0.25, -0.2) is 4.98 Å². The first kappa shape index (κ1) is 23.3. The first-order chi connectivity index (χ1) is 15.5. The van der Waals surface area contributed by atoms with E-state index in [0.717, 1.165) is 29.0 Å². The van der Waals surface area contributed by atoms with E-state index in [-0.39, 0.29) is 12.3 Å². The van der Waals surface area contributed by atoms with Gasteiger partial charge in [0.1, 0.15) is 5.01 Å². The summed E-state index contributed by atoms with van der Waals surface area (Å²) in [6.07, 6.45) is 2.02. The number of thiazole rings is 1. The molecular weight excluding hydrogens is 426 g/mol. The van der Waals surface area contributed by atoms with Gasteiger partial charge in [0.25, 0.3) is 5.91 Å². The molecule has 2 aromatic carbocycles. The molecule has 8 heteroatoms. The lowest BCUT2D eigenvalue weighted by Gasteiger charge is -2.12. The molecule has 0 aliphatic heterocycles. The summed E-state index contributed by atoms with van der Waals surface area (Å²) in [4.78, 5) is 29.2. The Labute approximate surface area is 191 Å². The summed E-state index contributed by atoms with van der Waals surface area (Å²) in [5.74, 6) is 0.238. The summed E-state index contributed by atoms with van der Waals surface area (Å²) in [5, 5.41) is 2.70. The molecule has 1 heterocycles. The number of aryl methyl sites for hydroxylation is 1. The quantitative estimate of drug-likeness (QED) is 0.372. The maximum atomic E-state index is 12.4. The third-order valence-corrected chi connectivity index (χ3v) is 5.60. The number of unbranched alkanes of at least 4 members (excludes halogenated alkanes) is 1. The summed E-state index contributed by atoms with van der Waals surface area (Å²) >= 11 is 1.48. The Bertz CT molecular complexity index is 1080. The molecule has 0 unspecified atom stereocenters. The van der Waals surface area contributed by atoms with Crippen LogP contribution in [0.5, 0.6) is 11.5 Å². The number of rotatable bonds is 9. The molecule has 0 saturated carbocycles. The molecule has 0 fully saturated rings. The zero-order chi connectivity index (χ0) is 22.9. The Morgan fingerprint density at radius 2 is 1.94 bits per heavy atom. The van der Waals surface area contributed by atoms with Crippen molar-refractivity contribution in [3.05, 3.63) is 64.7 Å². The molecule has 32 heavy (non-hydrogen) atoms. The Hall–Kier alpha value is -3.39. The van der Waals surface area contributed by atoms with Crippen LogP contribution in [0, 0.1) is 6.92 Å². The standard InChI is InChI=1S/C24H27N3O4S/c1-4-5-11-31-20-10-9-17(13-21(20)30-3)23(29)27-26-22(28)14-19-15-32-24(25-19)18-8-6-7-16(2)12-18/h6-10,12-13,15H,4-5,11,14H2,1-3H3,(H,26,28)(H,27,29). The van der Waals surface area contributed by atoms with E-state index in [9.17, 15) is 9.59 Å². The van der Waals surface area contributed by atoms with Crippen molar-refractivity contribution in [1.82, 2.24) is 15.8 Å². The van der Waals surface area contributed by atoms with Gasteiger partial charge in [-0.1, -0.05) is 37.1 Å². The number of nitrogens with one attached hydrogen (secondary N) is 2. The van der Waals surface area contributed by atoms with Gasteiger partial charge in [-0.05, 0) is 37.6 Å². The van der Waals surface area contributed by atoms with Gasteiger partial charge < -0.3 is 9.47 Å². The molecule has 0 saturated heterocycles. The number of ether oxygens (including phenoxy) is 2. The lowest BCUT2D eigenvalue weighted by Crippen LogP contribution is -2.42. The lowest BCUT2D eigenvalue weighted by molar-refractivity contribution is -0.121. The van der Waals surface area contributed by atoms with Crippen LogP contribution in [0.3, 0.4) is 0 Å². The van der Waals surface area contributed by atoms with E-state index in [1.807, 2.05) is 30.5 Å². The van der Waals surface area contributed by atoms with Crippen LogP contribution in [0.1, 0.15) is 41.4 Å². The summed E-state index contributed by atoms with van der Waals surface area (Å²) < 4.78 is 11.0. The number of hydrazine groups is 1. The van der Waals surface area contributed by atoms with E-state index in [4.69, 9.17) is 9.47 Å². The Morgan fingerprint density at radius 3 is 2.69 bits per heavy atom. The molecule has 3 aromatic rings. The fourth-order valence-corrected chi connectivity index (χ4v) is 3.78. The lowest BCUT2D eigenvalue weighted by atomic mass is 10.1. The third-order valence-electron chi connectivity index (χ3n) is 4.66. The smallest absolute Gasteiger partial charge is 0.269 e. The third kappa shape index (κ3) is 6.31. The summed E-state index contributed by atoms with van der Waals surface area (Å²) in [7, 11) is 1.52. The molecule has 168 valence electrons. The highest BCUT2D eigenvalue weighted by molar-refractivity contribution is 7.13. The number of hydrogen-bond donors (Lipinski definition) is 2. The molecule has 0 atom stereocenters. The fraction of sp³-hybridized carbons (Fsp3) is 0.292. The van der Waals surface area contributed by atoms with Gasteiger partial charge in [0.15, 0.2) is 11.5 Å². The van der Waals surface area contributed by atoms with Gasteiger partial charge in [0.05, 0.1) is 25.8 Å². The average molecular weight is 454 g/mol. The van der Waals surface area contributed by atoms with Gasteiger partial charge in [-0.2, -0.15) is 0 Å². The highest BCUT2D eigenvalue weighted by Gasteiger charge is 2.13. The van der Waals surface area contributed by atoms with Crippen molar-refractivity contribution in [2.45, 2.75) is 33.1 Å². The SMILES string of the molecule is CCCCOc1ccc(C(=O)NNC(=O)Cc2csc(-c3cccc(C)c3)n2)cc1OC. The summed E-state index contributed by atoms with van der Waals surface area (Å²) in [6, 6.07) is 12.9. The van der Waals surface area contributed by atoms with E-state index in [0.29, 0.717) is 29.4 Å².